The molecule has 0 saturated heterocycles. The topological polar surface area (TPSA) is 26.2 Å². The number of likely N-dealkylation sites (N-methyl/N-ethyl adjacent to an activating group) is 1. The minimum absolute atomic E-state index is 0.452. The van der Waals surface area contributed by atoms with Gasteiger partial charge >= 0.3 is 0 Å². The number of nitrogens with zero attached hydrogens (tertiary/aromatic N) is 1. The Labute approximate surface area is 115 Å². The van der Waals surface area contributed by atoms with Crippen molar-refractivity contribution in [3.8, 4) is 5.75 Å². The molecule has 1 N–H and O–H groups in total. The Hall–Kier alpha value is -1.48. The zero-order valence-corrected chi connectivity index (χ0v) is 12.5. The van der Waals surface area contributed by atoms with Crippen LogP contribution in [0.25, 0.3) is 10.9 Å². The molecule has 1 unspecified atom stereocenters. The molecule has 104 valence electrons. The maximum atomic E-state index is 5.34. The third-order valence-corrected chi connectivity index (χ3v) is 3.70. The Morgan fingerprint density at radius 1 is 1.26 bits per heavy atom. The third kappa shape index (κ3) is 2.76. The lowest BCUT2D eigenvalue weighted by Crippen LogP contribution is -2.23. The van der Waals surface area contributed by atoms with Gasteiger partial charge in [0.1, 0.15) is 5.75 Å². The van der Waals surface area contributed by atoms with Crippen molar-refractivity contribution in [3.63, 3.8) is 0 Å². The van der Waals surface area contributed by atoms with Crippen LogP contribution in [0.5, 0.6) is 5.75 Å². The summed E-state index contributed by atoms with van der Waals surface area (Å²) in [6.45, 7) is 6.64. The van der Waals surface area contributed by atoms with Gasteiger partial charge in [-0.05, 0) is 51.9 Å². The predicted octanol–water partition coefficient (Wildman–Crippen LogP) is 3.38. The summed E-state index contributed by atoms with van der Waals surface area (Å²) >= 11 is 0. The summed E-state index contributed by atoms with van der Waals surface area (Å²) in [5.41, 5.74) is 2.65. The Balaban J connectivity index is 2.53. The number of aromatic nitrogens is 1. The summed E-state index contributed by atoms with van der Waals surface area (Å²) < 4.78 is 7.67. The van der Waals surface area contributed by atoms with Crippen LogP contribution >= 0.6 is 0 Å². The highest BCUT2D eigenvalue weighted by Crippen LogP contribution is 2.29. The van der Waals surface area contributed by atoms with Gasteiger partial charge in [0.2, 0.25) is 0 Å². The molecule has 0 radical (unpaired) electrons. The van der Waals surface area contributed by atoms with Crippen molar-refractivity contribution < 1.29 is 4.74 Å². The van der Waals surface area contributed by atoms with Crippen molar-refractivity contribution in [1.82, 2.24) is 9.88 Å². The van der Waals surface area contributed by atoms with E-state index in [4.69, 9.17) is 4.74 Å². The van der Waals surface area contributed by atoms with Crippen LogP contribution in [0.3, 0.4) is 0 Å². The first-order valence-corrected chi connectivity index (χ1v) is 6.91. The molecule has 0 saturated carbocycles. The maximum absolute atomic E-state index is 5.34. The largest absolute Gasteiger partial charge is 0.497 e. The molecule has 0 bridgehead atoms. The zero-order valence-electron chi connectivity index (χ0n) is 12.5. The molecule has 1 heterocycles. The van der Waals surface area contributed by atoms with E-state index >= 15 is 0 Å². The Kier molecular flexibility index (Phi) is 4.15. The van der Waals surface area contributed by atoms with Crippen LogP contribution in [0.1, 0.15) is 32.4 Å². The molecule has 0 aliphatic rings. The second-order valence-electron chi connectivity index (χ2n) is 5.43. The first kappa shape index (κ1) is 13.9. The quantitative estimate of drug-likeness (QED) is 0.892. The lowest BCUT2D eigenvalue weighted by molar-refractivity contribution is 0.415. The molecule has 3 nitrogen and oxygen atoms in total. The molecule has 2 aromatic rings. The van der Waals surface area contributed by atoms with Gasteiger partial charge in [-0.1, -0.05) is 0 Å². The molecule has 1 aromatic heterocycles. The summed E-state index contributed by atoms with van der Waals surface area (Å²) in [7, 11) is 3.73. The van der Waals surface area contributed by atoms with Gasteiger partial charge in [0.05, 0.1) is 12.6 Å². The fourth-order valence-corrected chi connectivity index (χ4v) is 2.45. The molecule has 0 amide bonds. The minimum atomic E-state index is 0.452. The Morgan fingerprint density at radius 2 is 2.00 bits per heavy atom. The third-order valence-electron chi connectivity index (χ3n) is 3.70. The number of rotatable bonds is 5. The van der Waals surface area contributed by atoms with E-state index in [1.54, 1.807) is 7.11 Å². The number of hydrogen-bond donors (Lipinski definition) is 1. The molecular weight excluding hydrogens is 236 g/mol. The lowest BCUT2D eigenvalue weighted by Gasteiger charge is -2.09. The highest BCUT2D eigenvalue weighted by Gasteiger charge is 2.13. The van der Waals surface area contributed by atoms with E-state index in [1.165, 1.54) is 16.5 Å². The van der Waals surface area contributed by atoms with Crippen LogP contribution < -0.4 is 10.1 Å². The van der Waals surface area contributed by atoms with Crippen LogP contribution in [0, 0.1) is 0 Å². The van der Waals surface area contributed by atoms with Crippen molar-refractivity contribution in [2.24, 2.45) is 0 Å². The summed E-state index contributed by atoms with van der Waals surface area (Å²) in [6.07, 6.45) is 3.32. The van der Waals surface area contributed by atoms with Gasteiger partial charge in [0.15, 0.2) is 0 Å². The maximum Gasteiger partial charge on any atom is 0.120 e. The normalized spacial score (nSPS) is 13.2. The number of benzene rings is 1. The monoisotopic (exact) mass is 260 g/mol. The van der Waals surface area contributed by atoms with Gasteiger partial charge in [0.25, 0.3) is 0 Å². The van der Waals surface area contributed by atoms with E-state index in [0.717, 1.165) is 12.2 Å². The summed E-state index contributed by atoms with van der Waals surface area (Å²) in [6, 6.07) is 7.27. The van der Waals surface area contributed by atoms with Gasteiger partial charge in [-0.2, -0.15) is 0 Å². The molecule has 19 heavy (non-hydrogen) atoms. The zero-order chi connectivity index (χ0) is 14.0. The fourth-order valence-electron chi connectivity index (χ4n) is 2.45. The molecule has 0 spiro atoms. The number of ether oxygens (including phenoxy) is 1. The molecule has 1 aromatic carbocycles. The smallest absolute Gasteiger partial charge is 0.120 e. The van der Waals surface area contributed by atoms with Crippen molar-refractivity contribution >= 4 is 10.9 Å². The van der Waals surface area contributed by atoms with Crippen LogP contribution in [0.2, 0.25) is 0 Å². The minimum Gasteiger partial charge on any atom is -0.497 e. The van der Waals surface area contributed by atoms with Crippen LogP contribution in [-0.2, 0) is 6.42 Å². The van der Waals surface area contributed by atoms with Gasteiger partial charge in [0, 0.05) is 29.7 Å². The van der Waals surface area contributed by atoms with Gasteiger partial charge in [-0.3, -0.25) is 0 Å². The van der Waals surface area contributed by atoms with Crippen molar-refractivity contribution in [3.05, 3.63) is 30.0 Å². The van der Waals surface area contributed by atoms with Gasteiger partial charge in [-0.25, -0.2) is 0 Å². The van der Waals surface area contributed by atoms with Crippen molar-refractivity contribution in [2.45, 2.75) is 39.3 Å². The standard InChI is InChI=1S/C16H24N2O/c1-11(2)18-10-13(8-12(3)17-4)15-7-6-14(19-5)9-16(15)18/h6-7,9-12,17H,8H2,1-5H3. The highest BCUT2D eigenvalue weighted by molar-refractivity contribution is 5.85. The van der Waals surface area contributed by atoms with E-state index in [0.29, 0.717) is 12.1 Å². The van der Waals surface area contributed by atoms with E-state index in [9.17, 15) is 0 Å². The first-order valence-electron chi connectivity index (χ1n) is 6.91. The molecule has 0 aliphatic heterocycles. The SMILES string of the molecule is CNC(C)Cc1cn(C(C)C)c2cc(OC)ccc12. The van der Waals surface area contributed by atoms with Crippen molar-refractivity contribution in [2.75, 3.05) is 14.2 Å². The average molecular weight is 260 g/mol. The molecule has 0 aliphatic carbocycles. The Morgan fingerprint density at radius 3 is 2.58 bits per heavy atom. The highest BCUT2D eigenvalue weighted by atomic mass is 16.5. The molecule has 3 heteroatoms. The average Bonchev–Trinajstić information content (AvgIpc) is 2.76. The van der Waals surface area contributed by atoms with E-state index < -0.39 is 0 Å². The van der Waals surface area contributed by atoms with Crippen LogP contribution in [-0.4, -0.2) is 24.8 Å². The van der Waals surface area contributed by atoms with E-state index in [2.05, 4.69) is 49.0 Å². The lowest BCUT2D eigenvalue weighted by atomic mass is 10.1. The molecule has 1 atom stereocenters. The second kappa shape index (κ2) is 5.66. The summed E-state index contributed by atoms with van der Waals surface area (Å²) in [5.74, 6) is 0.917. The molecule has 0 fully saturated rings. The number of hydrogen-bond acceptors (Lipinski definition) is 2. The second-order valence-corrected chi connectivity index (χ2v) is 5.43. The Bertz CT molecular complexity index is 557. The molecule has 2 rings (SSSR count). The van der Waals surface area contributed by atoms with Gasteiger partial charge in [-0.15, -0.1) is 0 Å². The molecular formula is C16H24N2O. The number of nitrogens with one attached hydrogen (secondary N) is 1. The van der Waals surface area contributed by atoms with Crippen LogP contribution in [0.15, 0.2) is 24.4 Å². The number of fused-ring (bicyclic) bond motifs is 1. The fraction of sp³-hybridized carbons (Fsp3) is 0.500. The van der Waals surface area contributed by atoms with Gasteiger partial charge < -0.3 is 14.6 Å². The number of methoxy groups -OCH3 is 1. The first-order chi connectivity index (χ1) is 9.06. The summed E-state index contributed by atoms with van der Waals surface area (Å²) in [5, 5.41) is 4.64. The van der Waals surface area contributed by atoms with Crippen molar-refractivity contribution in [1.29, 1.82) is 0 Å². The predicted molar refractivity (Wildman–Crippen MR) is 81.1 cm³/mol. The summed E-state index contributed by atoms with van der Waals surface area (Å²) in [4.78, 5) is 0. The van der Waals surface area contributed by atoms with Crippen LogP contribution in [0.4, 0.5) is 0 Å². The van der Waals surface area contributed by atoms with E-state index in [1.807, 2.05) is 13.1 Å². The van der Waals surface area contributed by atoms with E-state index in [-0.39, 0.29) is 0 Å².